The average Bonchev–Trinajstić information content (AvgIpc) is 2.46. The minimum Gasteiger partial charge on any atom is -0.355 e. The number of rotatable bonds is 5. The zero-order chi connectivity index (χ0) is 14.5. The number of pyridine rings is 1. The lowest BCUT2D eigenvalue weighted by molar-refractivity contribution is 0.257. The molecule has 1 fully saturated rings. The third-order valence-corrected chi connectivity index (χ3v) is 4.28. The molecular formula is C15H25ClN4. The van der Waals surface area contributed by atoms with Crippen LogP contribution in [0.5, 0.6) is 0 Å². The summed E-state index contributed by atoms with van der Waals surface area (Å²) < 4.78 is 0. The van der Waals surface area contributed by atoms with E-state index >= 15 is 0 Å². The van der Waals surface area contributed by atoms with Crippen LogP contribution in [0.4, 0.5) is 5.82 Å². The number of halogens is 1. The Morgan fingerprint density at radius 3 is 3.00 bits per heavy atom. The van der Waals surface area contributed by atoms with E-state index in [1.807, 2.05) is 0 Å². The number of aromatic nitrogens is 1. The SMILES string of the molecule is CCNCc1cc(N2CCCC(N(C)C)C2)ncc1Cl. The molecule has 112 valence electrons. The van der Waals surface area contributed by atoms with E-state index < -0.39 is 0 Å². The van der Waals surface area contributed by atoms with Gasteiger partial charge in [-0.3, -0.25) is 0 Å². The van der Waals surface area contributed by atoms with E-state index in [9.17, 15) is 0 Å². The molecule has 0 amide bonds. The number of anilines is 1. The first-order chi connectivity index (χ1) is 9.61. The van der Waals surface area contributed by atoms with Gasteiger partial charge in [-0.15, -0.1) is 0 Å². The zero-order valence-electron chi connectivity index (χ0n) is 12.7. The average molecular weight is 297 g/mol. The Hall–Kier alpha value is -0.840. The summed E-state index contributed by atoms with van der Waals surface area (Å²) in [4.78, 5) is 9.19. The molecule has 1 aliphatic rings. The molecule has 0 bridgehead atoms. The summed E-state index contributed by atoms with van der Waals surface area (Å²) in [5, 5.41) is 4.07. The summed E-state index contributed by atoms with van der Waals surface area (Å²) >= 11 is 6.22. The van der Waals surface area contributed by atoms with Crippen molar-refractivity contribution in [3.63, 3.8) is 0 Å². The van der Waals surface area contributed by atoms with E-state index in [1.165, 1.54) is 12.8 Å². The molecule has 1 aromatic rings. The second-order valence-corrected chi connectivity index (χ2v) is 6.03. The van der Waals surface area contributed by atoms with Crippen molar-refractivity contribution in [2.24, 2.45) is 0 Å². The highest BCUT2D eigenvalue weighted by molar-refractivity contribution is 6.31. The van der Waals surface area contributed by atoms with Gasteiger partial charge in [0.15, 0.2) is 0 Å². The monoisotopic (exact) mass is 296 g/mol. The van der Waals surface area contributed by atoms with Gasteiger partial charge in [-0.2, -0.15) is 0 Å². The highest BCUT2D eigenvalue weighted by atomic mass is 35.5. The molecule has 1 N–H and O–H groups in total. The number of piperidine rings is 1. The first kappa shape index (κ1) is 15.5. The van der Waals surface area contributed by atoms with Crippen molar-refractivity contribution in [2.75, 3.05) is 38.6 Å². The molecule has 5 heteroatoms. The maximum Gasteiger partial charge on any atom is 0.128 e. The van der Waals surface area contributed by atoms with Crippen LogP contribution in [0.25, 0.3) is 0 Å². The van der Waals surface area contributed by atoms with Crippen molar-refractivity contribution >= 4 is 17.4 Å². The number of likely N-dealkylation sites (N-methyl/N-ethyl adjacent to an activating group) is 1. The Balaban J connectivity index is 2.11. The first-order valence-electron chi connectivity index (χ1n) is 7.38. The standard InChI is InChI=1S/C15H25ClN4/c1-4-17-9-12-8-15(18-10-14(12)16)20-7-5-6-13(11-20)19(2)3/h8,10,13,17H,4-7,9,11H2,1-3H3. The first-order valence-corrected chi connectivity index (χ1v) is 7.76. The largest absolute Gasteiger partial charge is 0.355 e. The number of hydrogen-bond donors (Lipinski definition) is 1. The van der Waals surface area contributed by atoms with E-state index in [-0.39, 0.29) is 0 Å². The second-order valence-electron chi connectivity index (χ2n) is 5.62. The summed E-state index contributed by atoms with van der Waals surface area (Å²) in [5.41, 5.74) is 1.13. The van der Waals surface area contributed by atoms with E-state index in [1.54, 1.807) is 6.20 Å². The fourth-order valence-electron chi connectivity index (χ4n) is 2.62. The van der Waals surface area contributed by atoms with Crippen LogP contribution >= 0.6 is 11.6 Å². The van der Waals surface area contributed by atoms with Gasteiger partial charge in [-0.05, 0) is 45.1 Å². The lowest BCUT2D eigenvalue weighted by Crippen LogP contribution is -2.45. The lowest BCUT2D eigenvalue weighted by atomic mass is 10.0. The molecule has 0 spiro atoms. The lowest BCUT2D eigenvalue weighted by Gasteiger charge is -2.37. The smallest absolute Gasteiger partial charge is 0.128 e. The Kier molecular flexibility index (Phi) is 5.64. The van der Waals surface area contributed by atoms with Crippen LogP contribution in [0.1, 0.15) is 25.3 Å². The van der Waals surface area contributed by atoms with Gasteiger partial charge >= 0.3 is 0 Å². The molecule has 1 aromatic heterocycles. The van der Waals surface area contributed by atoms with E-state index in [0.29, 0.717) is 6.04 Å². The highest BCUT2D eigenvalue weighted by Crippen LogP contribution is 2.24. The molecule has 2 heterocycles. The minimum atomic E-state index is 0.610. The van der Waals surface area contributed by atoms with Crippen LogP contribution in [0, 0.1) is 0 Å². The van der Waals surface area contributed by atoms with Gasteiger partial charge < -0.3 is 15.1 Å². The molecule has 0 aromatic carbocycles. The molecular weight excluding hydrogens is 272 g/mol. The molecule has 0 saturated carbocycles. The van der Waals surface area contributed by atoms with Crippen LogP contribution < -0.4 is 10.2 Å². The Morgan fingerprint density at radius 1 is 1.50 bits per heavy atom. The topological polar surface area (TPSA) is 31.4 Å². The number of hydrogen-bond acceptors (Lipinski definition) is 4. The van der Waals surface area contributed by atoms with Crippen molar-refractivity contribution in [3.05, 3.63) is 22.8 Å². The van der Waals surface area contributed by atoms with Crippen molar-refractivity contribution in [2.45, 2.75) is 32.4 Å². The highest BCUT2D eigenvalue weighted by Gasteiger charge is 2.22. The van der Waals surface area contributed by atoms with Gasteiger partial charge in [0.05, 0.1) is 5.02 Å². The van der Waals surface area contributed by atoms with E-state index in [0.717, 1.165) is 42.6 Å². The fourth-order valence-corrected chi connectivity index (χ4v) is 2.79. The molecule has 1 saturated heterocycles. The Morgan fingerprint density at radius 2 is 2.30 bits per heavy atom. The molecule has 2 rings (SSSR count). The minimum absolute atomic E-state index is 0.610. The number of nitrogens with one attached hydrogen (secondary N) is 1. The van der Waals surface area contributed by atoms with E-state index in [2.05, 4.69) is 47.2 Å². The Labute approximate surface area is 127 Å². The summed E-state index contributed by atoms with van der Waals surface area (Å²) in [6, 6.07) is 2.74. The van der Waals surface area contributed by atoms with Gasteiger partial charge in [0.1, 0.15) is 5.82 Å². The van der Waals surface area contributed by atoms with Crippen LogP contribution in [0.2, 0.25) is 5.02 Å². The van der Waals surface area contributed by atoms with Gasteiger partial charge in [-0.1, -0.05) is 18.5 Å². The molecule has 20 heavy (non-hydrogen) atoms. The summed E-state index contributed by atoms with van der Waals surface area (Å²) in [6.07, 6.45) is 4.26. The quantitative estimate of drug-likeness (QED) is 0.904. The summed E-state index contributed by atoms with van der Waals surface area (Å²) in [7, 11) is 4.31. The van der Waals surface area contributed by atoms with Crippen molar-refractivity contribution in [1.82, 2.24) is 15.2 Å². The van der Waals surface area contributed by atoms with Crippen molar-refractivity contribution in [3.8, 4) is 0 Å². The molecule has 0 aliphatic carbocycles. The molecule has 1 unspecified atom stereocenters. The van der Waals surface area contributed by atoms with E-state index in [4.69, 9.17) is 11.6 Å². The van der Waals surface area contributed by atoms with Crippen LogP contribution in [-0.2, 0) is 6.54 Å². The Bertz CT molecular complexity index is 436. The number of nitrogens with zero attached hydrogens (tertiary/aromatic N) is 3. The van der Waals surface area contributed by atoms with Crippen molar-refractivity contribution in [1.29, 1.82) is 0 Å². The fraction of sp³-hybridized carbons (Fsp3) is 0.667. The van der Waals surface area contributed by atoms with Gasteiger partial charge in [0, 0.05) is 31.9 Å². The third kappa shape index (κ3) is 3.84. The van der Waals surface area contributed by atoms with Crippen molar-refractivity contribution < 1.29 is 0 Å². The van der Waals surface area contributed by atoms with Gasteiger partial charge in [0.25, 0.3) is 0 Å². The second kappa shape index (κ2) is 7.25. The maximum atomic E-state index is 6.22. The predicted octanol–water partition coefficient (Wildman–Crippen LogP) is 2.37. The van der Waals surface area contributed by atoms with Gasteiger partial charge in [-0.25, -0.2) is 4.98 Å². The zero-order valence-corrected chi connectivity index (χ0v) is 13.5. The normalized spacial score (nSPS) is 19.6. The van der Waals surface area contributed by atoms with Crippen LogP contribution in [0.15, 0.2) is 12.3 Å². The summed E-state index contributed by atoms with van der Waals surface area (Å²) in [5.74, 6) is 1.05. The van der Waals surface area contributed by atoms with Gasteiger partial charge in [0.2, 0.25) is 0 Å². The van der Waals surface area contributed by atoms with Crippen LogP contribution in [0.3, 0.4) is 0 Å². The predicted molar refractivity (Wildman–Crippen MR) is 85.5 cm³/mol. The molecule has 1 aliphatic heterocycles. The molecule has 0 radical (unpaired) electrons. The maximum absolute atomic E-state index is 6.22. The molecule has 4 nitrogen and oxygen atoms in total. The third-order valence-electron chi connectivity index (χ3n) is 3.94. The molecule has 1 atom stereocenters. The summed E-state index contributed by atoms with van der Waals surface area (Å²) in [6.45, 7) is 5.97. The van der Waals surface area contributed by atoms with Crippen LogP contribution in [-0.4, -0.2) is 49.7 Å².